The van der Waals surface area contributed by atoms with Gasteiger partial charge in [-0.3, -0.25) is 15.2 Å². The molecule has 1 aromatic carbocycles. The first-order valence-corrected chi connectivity index (χ1v) is 6.31. The van der Waals surface area contributed by atoms with Gasteiger partial charge in [-0.05, 0) is 13.0 Å². The largest absolute Gasteiger partial charge is 0.481 e. The molecule has 1 amide bonds. The molecule has 21 heavy (non-hydrogen) atoms. The number of ether oxygens (including phenoxy) is 1. The van der Waals surface area contributed by atoms with Gasteiger partial charge in [0.25, 0.3) is 5.91 Å². The van der Waals surface area contributed by atoms with Crippen molar-refractivity contribution in [2.24, 2.45) is 0 Å². The van der Waals surface area contributed by atoms with Gasteiger partial charge in [-0.1, -0.05) is 18.2 Å². The van der Waals surface area contributed by atoms with Gasteiger partial charge in [-0.25, -0.2) is 4.98 Å². The lowest BCUT2D eigenvalue weighted by molar-refractivity contribution is 0.102. The van der Waals surface area contributed by atoms with Crippen molar-refractivity contribution >= 4 is 22.8 Å². The number of para-hydroxylation sites is 1. The van der Waals surface area contributed by atoms with Gasteiger partial charge in [0, 0.05) is 17.1 Å². The minimum Gasteiger partial charge on any atom is -0.481 e. The molecular weight excluding hydrogens is 270 g/mol. The smallest absolute Gasteiger partial charge is 0.279 e. The number of hydrogen-bond acceptors (Lipinski definition) is 5. The van der Waals surface area contributed by atoms with Crippen LogP contribution in [0.2, 0.25) is 0 Å². The Bertz CT molecular complexity index is 812. The van der Waals surface area contributed by atoms with E-state index in [1.807, 2.05) is 24.3 Å². The highest BCUT2D eigenvalue weighted by molar-refractivity contribution is 6.10. The van der Waals surface area contributed by atoms with Crippen LogP contribution in [-0.2, 0) is 0 Å². The number of nitrogens with zero attached hydrogens (tertiary/aromatic N) is 3. The number of H-pyrrole nitrogens is 1. The molecule has 7 heteroatoms. The second kappa shape index (κ2) is 5.20. The van der Waals surface area contributed by atoms with Gasteiger partial charge in [-0.2, -0.15) is 10.1 Å². The molecule has 0 aliphatic heterocycles. The zero-order chi connectivity index (χ0) is 14.8. The molecule has 0 aliphatic carbocycles. The molecule has 0 radical (unpaired) electrons. The van der Waals surface area contributed by atoms with E-state index in [1.165, 1.54) is 7.11 Å². The highest BCUT2D eigenvalue weighted by Gasteiger charge is 2.15. The molecule has 3 rings (SSSR count). The van der Waals surface area contributed by atoms with E-state index in [0.29, 0.717) is 17.3 Å². The monoisotopic (exact) mass is 283 g/mol. The lowest BCUT2D eigenvalue weighted by atomic mass is 10.2. The van der Waals surface area contributed by atoms with Crippen LogP contribution in [0.15, 0.2) is 30.3 Å². The van der Waals surface area contributed by atoms with Crippen LogP contribution in [0.25, 0.3) is 10.9 Å². The molecule has 0 saturated heterocycles. The Balaban J connectivity index is 1.91. The van der Waals surface area contributed by atoms with Crippen LogP contribution >= 0.6 is 0 Å². The first-order chi connectivity index (χ1) is 10.2. The number of anilines is 1. The molecule has 7 nitrogen and oxygen atoms in total. The van der Waals surface area contributed by atoms with Gasteiger partial charge < -0.3 is 4.74 Å². The van der Waals surface area contributed by atoms with Crippen molar-refractivity contribution in [1.29, 1.82) is 0 Å². The Morgan fingerprint density at radius 3 is 2.90 bits per heavy atom. The van der Waals surface area contributed by atoms with Gasteiger partial charge >= 0.3 is 0 Å². The van der Waals surface area contributed by atoms with E-state index in [0.717, 1.165) is 10.9 Å². The average molecular weight is 283 g/mol. The van der Waals surface area contributed by atoms with Gasteiger partial charge in [0.2, 0.25) is 11.8 Å². The van der Waals surface area contributed by atoms with E-state index >= 15 is 0 Å². The second-order valence-electron chi connectivity index (χ2n) is 4.45. The van der Waals surface area contributed by atoms with Crippen LogP contribution in [0.4, 0.5) is 5.95 Å². The summed E-state index contributed by atoms with van der Waals surface area (Å²) in [5.41, 5.74) is 1.80. The van der Waals surface area contributed by atoms with E-state index in [-0.39, 0.29) is 11.9 Å². The van der Waals surface area contributed by atoms with E-state index in [2.05, 4.69) is 25.5 Å². The van der Waals surface area contributed by atoms with Crippen LogP contribution in [0.1, 0.15) is 16.2 Å². The maximum absolute atomic E-state index is 12.3. The molecule has 0 atom stereocenters. The summed E-state index contributed by atoms with van der Waals surface area (Å²) in [5.74, 6) is 0.203. The number of aromatic nitrogens is 4. The van der Waals surface area contributed by atoms with Gasteiger partial charge in [0.05, 0.1) is 12.6 Å². The molecule has 0 aliphatic rings. The molecule has 0 unspecified atom stereocenters. The van der Waals surface area contributed by atoms with Gasteiger partial charge in [0.15, 0.2) is 5.69 Å². The number of fused-ring (bicyclic) bond motifs is 1. The molecule has 2 aromatic heterocycles. The predicted octanol–water partition coefficient (Wildman–Crippen LogP) is 1.92. The number of carbonyl (C=O) groups is 1. The summed E-state index contributed by atoms with van der Waals surface area (Å²) in [6.45, 7) is 1.80. The van der Waals surface area contributed by atoms with Crippen molar-refractivity contribution in [1.82, 2.24) is 20.2 Å². The fourth-order valence-electron chi connectivity index (χ4n) is 2.00. The zero-order valence-corrected chi connectivity index (χ0v) is 11.5. The van der Waals surface area contributed by atoms with Crippen LogP contribution < -0.4 is 10.1 Å². The number of methoxy groups -OCH3 is 1. The fourth-order valence-corrected chi connectivity index (χ4v) is 2.00. The van der Waals surface area contributed by atoms with Crippen LogP contribution in [-0.4, -0.2) is 33.2 Å². The molecule has 0 fully saturated rings. The molecule has 0 bridgehead atoms. The zero-order valence-electron chi connectivity index (χ0n) is 11.5. The summed E-state index contributed by atoms with van der Waals surface area (Å²) in [4.78, 5) is 20.5. The third-order valence-electron chi connectivity index (χ3n) is 2.95. The molecule has 0 saturated carbocycles. The molecule has 3 aromatic rings. The Labute approximate surface area is 120 Å². The van der Waals surface area contributed by atoms with Crippen molar-refractivity contribution in [3.8, 4) is 5.88 Å². The second-order valence-corrected chi connectivity index (χ2v) is 4.45. The quantitative estimate of drug-likeness (QED) is 0.766. The molecule has 106 valence electrons. The topological polar surface area (TPSA) is 92.8 Å². The molecule has 0 spiro atoms. The van der Waals surface area contributed by atoms with Gasteiger partial charge in [0.1, 0.15) is 0 Å². The minimum absolute atomic E-state index is 0.184. The number of nitrogens with one attached hydrogen (secondary N) is 2. The van der Waals surface area contributed by atoms with Crippen molar-refractivity contribution in [3.63, 3.8) is 0 Å². The van der Waals surface area contributed by atoms with Crippen molar-refractivity contribution in [2.45, 2.75) is 6.92 Å². The predicted molar refractivity (Wildman–Crippen MR) is 77.4 cm³/mol. The Hall–Kier alpha value is -2.96. The lowest BCUT2D eigenvalue weighted by Crippen LogP contribution is -2.15. The van der Waals surface area contributed by atoms with Crippen molar-refractivity contribution in [3.05, 3.63) is 41.7 Å². The minimum atomic E-state index is -0.375. The highest BCUT2D eigenvalue weighted by atomic mass is 16.5. The fraction of sp³-hybridized carbons (Fsp3) is 0.143. The van der Waals surface area contributed by atoms with Gasteiger partial charge in [-0.15, -0.1) is 0 Å². The van der Waals surface area contributed by atoms with E-state index in [9.17, 15) is 4.79 Å². The molecule has 2 N–H and O–H groups in total. The number of hydrogen-bond donors (Lipinski definition) is 2. The van der Waals surface area contributed by atoms with E-state index < -0.39 is 0 Å². The number of rotatable bonds is 3. The lowest BCUT2D eigenvalue weighted by Gasteiger charge is -2.05. The number of aryl methyl sites for hydroxylation is 1. The van der Waals surface area contributed by atoms with Crippen molar-refractivity contribution < 1.29 is 9.53 Å². The first kappa shape index (κ1) is 13.0. The number of aromatic amines is 1. The Morgan fingerprint density at radius 1 is 1.29 bits per heavy atom. The standard InChI is InChI=1S/C14H13N5O2/c1-8-7-11(21-2)16-14(15-8)17-13(20)12-9-5-3-4-6-10(9)18-19-12/h3-7H,1-2H3,(H,18,19)(H,15,16,17,20). The summed E-state index contributed by atoms with van der Waals surface area (Å²) in [5, 5.41) is 10.2. The Kier molecular flexibility index (Phi) is 3.23. The Morgan fingerprint density at radius 2 is 2.10 bits per heavy atom. The molecule has 2 heterocycles. The SMILES string of the molecule is COc1cc(C)nc(NC(=O)c2n[nH]c3ccccc23)n1. The summed E-state index contributed by atoms with van der Waals surface area (Å²) >= 11 is 0. The van der Waals surface area contributed by atoms with Crippen LogP contribution in [0.3, 0.4) is 0 Å². The summed E-state index contributed by atoms with van der Waals surface area (Å²) < 4.78 is 5.05. The maximum atomic E-state index is 12.3. The third kappa shape index (κ3) is 2.53. The van der Waals surface area contributed by atoms with Crippen molar-refractivity contribution in [2.75, 3.05) is 12.4 Å². The average Bonchev–Trinajstić information content (AvgIpc) is 2.90. The third-order valence-corrected chi connectivity index (χ3v) is 2.95. The summed E-state index contributed by atoms with van der Waals surface area (Å²) in [6.07, 6.45) is 0. The first-order valence-electron chi connectivity index (χ1n) is 6.31. The highest BCUT2D eigenvalue weighted by Crippen LogP contribution is 2.17. The number of amides is 1. The summed E-state index contributed by atoms with van der Waals surface area (Å²) in [7, 11) is 1.51. The number of benzene rings is 1. The van der Waals surface area contributed by atoms with Crippen LogP contribution in [0, 0.1) is 6.92 Å². The van der Waals surface area contributed by atoms with E-state index in [1.54, 1.807) is 13.0 Å². The molecular formula is C14H13N5O2. The van der Waals surface area contributed by atoms with E-state index in [4.69, 9.17) is 4.74 Å². The van der Waals surface area contributed by atoms with Crippen LogP contribution in [0.5, 0.6) is 5.88 Å². The summed E-state index contributed by atoms with van der Waals surface area (Å²) in [6, 6.07) is 9.08. The number of carbonyl (C=O) groups excluding carboxylic acids is 1. The maximum Gasteiger partial charge on any atom is 0.279 e. The normalized spacial score (nSPS) is 10.6.